The second-order valence-electron chi connectivity index (χ2n) is 4.50. The smallest absolute Gasteiger partial charge is 0.417 e. The van der Waals surface area contributed by atoms with Gasteiger partial charge < -0.3 is 10.1 Å². The number of anilines is 1. The maximum Gasteiger partial charge on any atom is 0.417 e. The quantitative estimate of drug-likeness (QED) is 0.806. The van der Waals surface area contributed by atoms with Crippen LogP contribution in [0.4, 0.5) is 18.9 Å². The number of carbonyl (C=O) groups excluding carboxylic acids is 1. The third-order valence-electron chi connectivity index (χ3n) is 2.94. The Morgan fingerprint density at radius 2 is 1.78 bits per heavy atom. The molecule has 0 aliphatic heterocycles. The molecular formula is C15H10Cl2F3NO2. The number of halogens is 5. The first-order valence-electron chi connectivity index (χ1n) is 6.24. The van der Waals surface area contributed by atoms with E-state index in [-0.39, 0.29) is 16.3 Å². The largest absolute Gasteiger partial charge is 0.495 e. The molecule has 0 spiro atoms. The SMILES string of the molecule is COc1ccc(C(=O)Nc2ccc(Cl)c(C(F)(F)F)c2)cc1Cl. The normalized spacial score (nSPS) is 11.2. The molecule has 0 unspecified atom stereocenters. The molecule has 1 N–H and O–H groups in total. The standard InChI is InChI=1S/C15H10Cl2F3NO2/c1-23-13-5-2-8(6-12(13)17)14(22)21-9-3-4-11(16)10(7-9)15(18,19)20/h2-7H,1H3,(H,21,22). The number of alkyl halides is 3. The fourth-order valence-corrected chi connectivity index (χ4v) is 2.31. The van der Waals surface area contributed by atoms with Crippen LogP contribution in [-0.2, 0) is 6.18 Å². The highest BCUT2D eigenvalue weighted by molar-refractivity contribution is 6.32. The van der Waals surface area contributed by atoms with Crippen LogP contribution in [0.2, 0.25) is 10.0 Å². The lowest BCUT2D eigenvalue weighted by atomic mass is 10.1. The fraction of sp³-hybridized carbons (Fsp3) is 0.133. The van der Waals surface area contributed by atoms with Gasteiger partial charge in [-0.1, -0.05) is 23.2 Å². The van der Waals surface area contributed by atoms with Crippen molar-refractivity contribution >= 4 is 34.8 Å². The van der Waals surface area contributed by atoms with Crippen molar-refractivity contribution in [1.29, 1.82) is 0 Å². The van der Waals surface area contributed by atoms with E-state index in [0.29, 0.717) is 5.75 Å². The van der Waals surface area contributed by atoms with Gasteiger partial charge in [-0.3, -0.25) is 4.79 Å². The molecule has 0 saturated carbocycles. The number of nitrogens with one attached hydrogen (secondary N) is 1. The van der Waals surface area contributed by atoms with Crippen molar-refractivity contribution in [3.05, 3.63) is 57.6 Å². The summed E-state index contributed by atoms with van der Waals surface area (Å²) >= 11 is 11.4. The van der Waals surface area contributed by atoms with E-state index in [2.05, 4.69) is 5.32 Å². The van der Waals surface area contributed by atoms with Crippen LogP contribution >= 0.6 is 23.2 Å². The van der Waals surface area contributed by atoms with Crippen LogP contribution in [0.1, 0.15) is 15.9 Å². The van der Waals surface area contributed by atoms with Gasteiger partial charge in [0.2, 0.25) is 0 Å². The second kappa shape index (κ2) is 6.68. The van der Waals surface area contributed by atoms with Gasteiger partial charge in [0.25, 0.3) is 5.91 Å². The summed E-state index contributed by atoms with van der Waals surface area (Å²) in [4.78, 5) is 12.1. The molecule has 0 radical (unpaired) electrons. The summed E-state index contributed by atoms with van der Waals surface area (Å²) in [5, 5.41) is 2.14. The molecule has 0 aliphatic carbocycles. The minimum absolute atomic E-state index is 0.0290. The number of benzene rings is 2. The summed E-state index contributed by atoms with van der Waals surface area (Å²) < 4.78 is 43.4. The van der Waals surface area contributed by atoms with Gasteiger partial charge in [-0.15, -0.1) is 0 Å². The zero-order chi connectivity index (χ0) is 17.2. The molecule has 0 fully saturated rings. The molecule has 1 amide bonds. The Kier molecular flexibility index (Phi) is 5.06. The van der Waals surface area contributed by atoms with Gasteiger partial charge in [0.1, 0.15) is 5.75 Å². The van der Waals surface area contributed by atoms with Crippen LogP contribution in [0.3, 0.4) is 0 Å². The fourth-order valence-electron chi connectivity index (χ4n) is 1.83. The van der Waals surface area contributed by atoms with Crippen LogP contribution in [0.25, 0.3) is 0 Å². The third kappa shape index (κ3) is 4.09. The lowest BCUT2D eigenvalue weighted by molar-refractivity contribution is -0.137. The first-order valence-corrected chi connectivity index (χ1v) is 6.99. The van der Waals surface area contributed by atoms with Gasteiger partial charge in [-0.25, -0.2) is 0 Å². The second-order valence-corrected chi connectivity index (χ2v) is 5.31. The summed E-state index contributed by atoms with van der Waals surface area (Å²) in [6.07, 6.45) is -4.61. The molecule has 0 bridgehead atoms. The molecule has 2 aromatic carbocycles. The van der Waals surface area contributed by atoms with Crippen molar-refractivity contribution in [3.63, 3.8) is 0 Å². The Hall–Kier alpha value is -1.92. The van der Waals surface area contributed by atoms with Crippen molar-refractivity contribution in [2.24, 2.45) is 0 Å². The highest BCUT2D eigenvalue weighted by Gasteiger charge is 2.33. The maximum absolute atomic E-state index is 12.8. The average Bonchev–Trinajstić information content (AvgIpc) is 2.48. The predicted molar refractivity (Wildman–Crippen MR) is 82.4 cm³/mol. The van der Waals surface area contributed by atoms with E-state index in [4.69, 9.17) is 27.9 Å². The highest BCUT2D eigenvalue weighted by Crippen LogP contribution is 2.36. The first-order chi connectivity index (χ1) is 10.7. The number of amides is 1. The number of rotatable bonds is 3. The number of methoxy groups -OCH3 is 1. The van der Waals surface area contributed by atoms with Crippen LogP contribution in [0, 0.1) is 0 Å². The highest BCUT2D eigenvalue weighted by atomic mass is 35.5. The summed E-state index contributed by atoms with van der Waals surface area (Å²) in [7, 11) is 1.42. The molecule has 0 heterocycles. The Labute approximate surface area is 140 Å². The Bertz CT molecular complexity index is 748. The molecule has 2 aromatic rings. The monoisotopic (exact) mass is 363 g/mol. The lowest BCUT2D eigenvalue weighted by Crippen LogP contribution is -2.13. The van der Waals surface area contributed by atoms with Crippen molar-refractivity contribution in [2.45, 2.75) is 6.18 Å². The number of carbonyl (C=O) groups is 1. The van der Waals surface area contributed by atoms with Gasteiger partial charge in [0, 0.05) is 11.3 Å². The number of ether oxygens (including phenoxy) is 1. The third-order valence-corrected chi connectivity index (χ3v) is 3.57. The lowest BCUT2D eigenvalue weighted by Gasteiger charge is -2.12. The van der Waals surface area contributed by atoms with Crippen LogP contribution in [0.5, 0.6) is 5.75 Å². The van der Waals surface area contributed by atoms with Crippen molar-refractivity contribution in [3.8, 4) is 5.75 Å². The predicted octanol–water partition coefficient (Wildman–Crippen LogP) is 5.27. The van der Waals surface area contributed by atoms with E-state index in [1.807, 2.05) is 0 Å². The molecule has 0 saturated heterocycles. The van der Waals surface area contributed by atoms with E-state index < -0.39 is 22.7 Å². The molecule has 2 rings (SSSR count). The van der Waals surface area contributed by atoms with Crippen LogP contribution in [0.15, 0.2) is 36.4 Å². The van der Waals surface area contributed by atoms with E-state index in [9.17, 15) is 18.0 Å². The summed E-state index contributed by atoms with van der Waals surface area (Å²) in [6, 6.07) is 7.41. The zero-order valence-corrected chi connectivity index (χ0v) is 13.2. The Balaban J connectivity index is 2.25. The van der Waals surface area contributed by atoms with Gasteiger partial charge in [0.15, 0.2) is 0 Å². The summed E-state index contributed by atoms with van der Waals surface area (Å²) in [5.74, 6) is -0.223. The topological polar surface area (TPSA) is 38.3 Å². The summed E-state index contributed by atoms with van der Waals surface area (Å²) in [6.45, 7) is 0. The van der Waals surface area contributed by atoms with Crippen LogP contribution in [-0.4, -0.2) is 13.0 Å². The molecule has 0 aliphatic rings. The average molecular weight is 364 g/mol. The molecular weight excluding hydrogens is 354 g/mol. The Morgan fingerprint density at radius 1 is 1.09 bits per heavy atom. The van der Waals surface area contributed by atoms with E-state index in [0.717, 1.165) is 12.1 Å². The van der Waals surface area contributed by atoms with E-state index in [1.54, 1.807) is 0 Å². The molecule has 23 heavy (non-hydrogen) atoms. The molecule has 0 aromatic heterocycles. The van der Waals surface area contributed by atoms with Gasteiger partial charge in [-0.05, 0) is 36.4 Å². The zero-order valence-electron chi connectivity index (χ0n) is 11.7. The van der Waals surface area contributed by atoms with E-state index in [1.165, 1.54) is 31.4 Å². The Morgan fingerprint density at radius 3 is 2.35 bits per heavy atom. The van der Waals surface area contributed by atoms with Crippen molar-refractivity contribution < 1.29 is 22.7 Å². The van der Waals surface area contributed by atoms with Crippen molar-refractivity contribution in [1.82, 2.24) is 0 Å². The van der Waals surface area contributed by atoms with Gasteiger partial charge in [-0.2, -0.15) is 13.2 Å². The van der Waals surface area contributed by atoms with Gasteiger partial charge in [0.05, 0.1) is 22.7 Å². The number of hydrogen-bond donors (Lipinski definition) is 1. The van der Waals surface area contributed by atoms with E-state index >= 15 is 0 Å². The molecule has 0 atom stereocenters. The molecule has 122 valence electrons. The number of hydrogen-bond acceptors (Lipinski definition) is 2. The van der Waals surface area contributed by atoms with Crippen molar-refractivity contribution in [2.75, 3.05) is 12.4 Å². The minimum Gasteiger partial charge on any atom is -0.495 e. The van der Waals surface area contributed by atoms with Gasteiger partial charge >= 0.3 is 6.18 Å². The molecule has 3 nitrogen and oxygen atoms in total. The van der Waals surface area contributed by atoms with Crippen LogP contribution < -0.4 is 10.1 Å². The minimum atomic E-state index is -4.61. The maximum atomic E-state index is 12.8. The molecule has 8 heteroatoms. The first kappa shape index (κ1) is 17.4. The summed E-state index contributed by atoms with van der Waals surface area (Å²) in [5.41, 5.74) is -0.872.